The number of ether oxygens (including phenoxy) is 1. The fourth-order valence-electron chi connectivity index (χ4n) is 0.966. The Balaban J connectivity index is 2.94. The fraction of sp³-hybridized carbons (Fsp3) is 0.375. The predicted octanol–water partition coefficient (Wildman–Crippen LogP) is 0.292. The minimum atomic E-state index is -1.53. The van der Waals surface area contributed by atoms with E-state index in [-0.39, 0.29) is 17.9 Å². The average molecular weight is 170 g/mol. The van der Waals surface area contributed by atoms with Crippen LogP contribution in [-0.4, -0.2) is 29.2 Å². The second kappa shape index (κ2) is 2.98. The first-order valence-corrected chi connectivity index (χ1v) is 3.46. The lowest BCUT2D eigenvalue weighted by Crippen LogP contribution is -2.30. The Bertz CT molecular complexity index is 254. The molecule has 12 heavy (non-hydrogen) atoms. The van der Waals surface area contributed by atoms with E-state index < -0.39 is 5.60 Å². The average Bonchev–Trinajstić information content (AvgIpc) is 2.10. The highest BCUT2D eigenvalue weighted by Crippen LogP contribution is 2.23. The van der Waals surface area contributed by atoms with Crippen LogP contribution >= 0.6 is 0 Å². The molecule has 0 aromatic heterocycles. The molecular formula is C8H10O4. The number of aldehydes is 1. The maximum atomic E-state index is 10.4. The summed E-state index contributed by atoms with van der Waals surface area (Å²) >= 11 is 0. The maximum absolute atomic E-state index is 10.4. The zero-order valence-corrected chi connectivity index (χ0v) is 6.65. The van der Waals surface area contributed by atoms with E-state index in [2.05, 4.69) is 0 Å². The first-order chi connectivity index (χ1) is 5.61. The molecule has 0 saturated heterocycles. The van der Waals surface area contributed by atoms with Gasteiger partial charge in [0.2, 0.25) is 0 Å². The fourth-order valence-corrected chi connectivity index (χ4v) is 0.966. The molecule has 1 unspecified atom stereocenters. The van der Waals surface area contributed by atoms with Crippen molar-refractivity contribution in [2.45, 2.75) is 12.0 Å². The highest BCUT2D eigenvalue weighted by molar-refractivity contribution is 5.67. The standard InChI is InChI=1S/C8H10O4/c1-12-7-4-8(11,5-9)3-2-6(7)10/h2,4-5,10-11H,3H2,1H3. The molecule has 1 rings (SSSR count). The van der Waals surface area contributed by atoms with Crippen molar-refractivity contribution >= 4 is 6.29 Å². The van der Waals surface area contributed by atoms with Gasteiger partial charge < -0.3 is 14.9 Å². The van der Waals surface area contributed by atoms with Gasteiger partial charge in [-0.15, -0.1) is 0 Å². The van der Waals surface area contributed by atoms with Crippen molar-refractivity contribution in [3.8, 4) is 0 Å². The summed E-state index contributed by atoms with van der Waals surface area (Å²) in [7, 11) is 1.35. The summed E-state index contributed by atoms with van der Waals surface area (Å²) < 4.78 is 4.72. The van der Waals surface area contributed by atoms with Crippen molar-refractivity contribution in [2.24, 2.45) is 0 Å². The van der Waals surface area contributed by atoms with Crippen LogP contribution in [0.4, 0.5) is 0 Å². The number of carbonyl (C=O) groups is 1. The van der Waals surface area contributed by atoms with E-state index in [9.17, 15) is 9.90 Å². The summed E-state index contributed by atoms with van der Waals surface area (Å²) in [4.78, 5) is 10.4. The number of hydrogen-bond acceptors (Lipinski definition) is 4. The van der Waals surface area contributed by atoms with Gasteiger partial charge in [0.05, 0.1) is 7.11 Å². The number of hydrogen-bond donors (Lipinski definition) is 2. The molecule has 0 fully saturated rings. The van der Waals surface area contributed by atoms with Gasteiger partial charge in [0.1, 0.15) is 5.60 Å². The van der Waals surface area contributed by atoms with Crippen molar-refractivity contribution < 1.29 is 19.7 Å². The molecule has 0 amide bonds. The lowest BCUT2D eigenvalue weighted by Gasteiger charge is -2.21. The van der Waals surface area contributed by atoms with Crippen LogP contribution in [0.15, 0.2) is 23.7 Å². The third kappa shape index (κ3) is 1.48. The van der Waals surface area contributed by atoms with Crippen LogP contribution in [0.25, 0.3) is 0 Å². The van der Waals surface area contributed by atoms with Gasteiger partial charge in [0.25, 0.3) is 0 Å². The third-order valence-corrected chi connectivity index (χ3v) is 1.68. The minimum Gasteiger partial charge on any atom is -0.504 e. The summed E-state index contributed by atoms with van der Waals surface area (Å²) in [5.41, 5.74) is -1.53. The lowest BCUT2D eigenvalue weighted by atomic mass is 9.95. The number of carbonyl (C=O) groups excluding carboxylic acids is 1. The summed E-state index contributed by atoms with van der Waals surface area (Å²) in [5.74, 6) is 0.0693. The molecule has 2 N–H and O–H groups in total. The molecule has 4 heteroatoms. The minimum absolute atomic E-state index is 0.0518. The van der Waals surface area contributed by atoms with Gasteiger partial charge in [-0.2, -0.15) is 0 Å². The molecule has 1 aliphatic carbocycles. The maximum Gasteiger partial charge on any atom is 0.159 e. The van der Waals surface area contributed by atoms with Crippen LogP contribution in [0.2, 0.25) is 0 Å². The summed E-state index contributed by atoms with van der Waals surface area (Å²) in [6, 6.07) is 0. The molecule has 0 spiro atoms. The van der Waals surface area contributed by atoms with Crippen molar-refractivity contribution in [1.82, 2.24) is 0 Å². The van der Waals surface area contributed by atoms with Gasteiger partial charge in [-0.1, -0.05) is 0 Å². The molecule has 66 valence electrons. The molecule has 0 aromatic rings. The number of methoxy groups -OCH3 is 1. The zero-order chi connectivity index (χ0) is 9.19. The van der Waals surface area contributed by atoms with E-state index in [1.165, 1.54) is 19.3 Å². The molecule has 0 aliphatic heterocycles. The zero-order valence-electron chi connectivity index (χ0n) is 6.65. The van der Waals surface area contributed by atoms with E-state index in [0.29, 0.717) is 6.29 Å². The Morgan fingerprint density at radius 3 is 2.92 bits per heavy atom. The molecule has 0 heterocycles. The Labute approximate surface area is 69.8 Å². The highest BCUT2D eigenvalue weighted by atomic mass is 16.5. The molecule has 4 nitrogen and oxygen atoms in total. The van der Waals surface area contributed by atoms with Gasteiger partial charge in [-0.05, 0) is 6.08 Å². The summed E-state index contributed by atoms with van der Waals surface area (Å²) in [6.45, 7) is 0. The third-order valence-electron chi connectivity index (χ3n) is 1.68. The quantitative estimate of drug-likeness (QED) is 0.584. The molecule has 0 radical (unpaired) electrons. The summed E-state index contributed by atoms with van der Waals surface area (Å²) in [6.07, 6.45) is 3.02. The van der Waals surface area contributed by atoms with E-state index in [1.807, 2.05) is 0 Å². The van der Waals surface area contributed by atoms with Gasteiger partial charge >= 0.3 is 0 Å². The van der Waals surface area contributed by atoms with E-state index in [0.717, 1.165) is 0 Å². The van der Waals surface area contributed by atoms with Crippen molar-refractivity contribution in [1.29, 1.82) is 0 Å². The molecule has 0 saturated carbocycles. The monoisotopic (exact) mass is 170 g/mol. The van der Waals surface area contributed by atoms with Crippen LogP contribution in [0.1, 0.15) is 6.42 Å². The second-order valence-electron chi connectivity index (χ2n) is 2.62. The first-order valence-electron chi connectivity index (χ1n) is 3.46. The summed E-state index contributed by atoms with van der Waals surface area (Å²) in [5, 5.41) is 18.6. The molecular weight excluding hydrogens is 160 g/mol. The van der Waals surface area contributed by atoms with Crippen molar-refractivity contribution in [2.75, 3.05) is 7.11 Å². The van der Waals surface area contributed by atoms with Crippen LogP contribution < -0.4 is 0 Å². The van der Waals surface area contributed by atoms with E-state index in [4.69, 9.17) is 9.84 Å². The van der Waals surface area contributed by atoms with Gasteiger partial charge in [-0.3, -0.25) is 4.79 Å². The Hall–Kier alpha value is -1.29. The Morgan fingerprint density at radius 2 is 2.42 bits per heavy atom. The van der Waals surface area contributed by atoms with Crippen LogP contribution in [-0.2, 0) is 9.53 Å². The largest absolute Gasteiger partial charge is 0.504 e. The predicted molar refractivity (Wildman–Crippen MR) is 41.4 cm³/mol. The van der Waals surface area contributed by atoms with Crippen molar-refractivity contribution in [3.05, 3.63) is 23.7 Å². The first kappa shape index (κ1) is 8.80. The van der Waals surface area contributed by atoms with Crippen LogP contribution in [0, 0.1) is 0 Å². The van der Waals surface area contributed by atoms with E-state index in [1.54, 1.807) is 0 Å². The molecule has 1 atom stereocenters. The number of rotatable bonds is 2. The van der Waals surface area contributed by atoms with E-state index >= 15 is 0 Å². The Morgan fingerprint density at radius 1 is 1.75 bits per heavy atom. The van der Waals surface area contributed by atoms with Crippen LogP contribution in [0.3, 0.4) is 0 Å². The van der Waals surface area contributed by atoms with Crippen molar-refractivity contribution in [3.63, 3.8) is 0 Å². The van der Waals surface area contributed by atoms with Crippen LogP contribution in [0.5, 0.6) is 0 Å². The molecule has 0 bridgehead atoms. The van der Waals surface area contributed by atoms with Gasteiger partial charge in [0.15, 0.2) is 17.8 Å². The second-order valence-corrected chi connectivity index (χ2v) is 2.62. The van der Waals surface area contributed by atoms with Gasteiger partial charge in [0, 0.05) is 12.5 Å². The Kier molecular flexibility index (Phi) is 2.19. The number of aliphatic hydroxyl groups excluding tert-OH is 1. The highest BCUT2D eigenvalue weighted by Gasteiger charge is 2.28. The SMILES string of the molecule is COC1=CC(O)(C=O)CC=C1O. The number of aliphatic hydroxyl groups is 2. The van der Waals surface area contributed by atoms with Gasteiger partial charge in [-0.25, -0.2) is 0 Å². The lowest BCUT2D eigenvalue weighted by molar-refractivity contribution is -0.120. The normalized spacial score (nSPS) is 28.8. The smallest absolute Gasteiger partial charge is 0.159 e. The molecule has 0 aromatic carbocycles. The topological polar surface area (TPSA) is 66.8 Å². The molecule has 1 aliphatic rings.